The van der Waals surface area contributed by atoms with Gasteiger partial charge in [0.05, 0.1) is 18.3 Å². The van der Waals surface area contributed by atoms with Crippen LogP contribution in [-0.4, -0.2) is 28.0 Å². The molecule has 37 heavy (non-hydrogen) atoms. The number of carbonyl (C=O) groups excluding carboxylic acids is 2. The zero-order chi connectivity index (χ0) is 25.9. The maximum Gasteiger partial charge on any atom is 0.341 e. The molecule has 1 amide bonds. The number of anilines is 1. The largest absolute Gasteiger partial charge is 0.462 e. The van der Waals surface area contributed by atoms with E-state index in [1.54, 1.807) is 6.92 Å². The van der Waals surface area contributed by atoms with Crippen molar-refractivity contribution < 1.29 is 14.3 Å². The van der Waals surface area contributed by atoms with Crippen LogP contribution in [0.25, 0.3) is 32.5 Å². The minimum atomic E-state index is -0.513. The molecule has 0 bridgehead atoms. The summed E-state index contributed by atoms with van der Waals surface area (Å²) in [5.41, 5.74) is 4.34. The fourth-order valence-corrected chi connectivity index (χ4v) is 5.91. The summed E-state index contributed by atoms with van der Waals surface area (Å²) in [5, 5.41) is 7.40. The van der Waals surface area contributed by atoms with Gasteiger partial charge in [-0.2, -0.15) is 0 Å². The number of nitrogens with zero attached hydrogens (tertiary/aromatic N) is 2. The Labute approximate surface area is 221 Å². The van der Waals surface area contributed by atoms with E-state index >= 15 is 0 Å². The molecule has 3 heterocycles. The van der Waals surface area contributed by atoms with E-state index < -0.39 is 11.9 Å². The van der Waals surface area contributed by atoms with Gasteiger partial charge in [0, 0.05) is 21.9 Å². The predicted octanol–water partition coefficient (Wildman–Crippen LogP) is 5.98. The number of nitrogens with one attached hydrogen (secondary N) is 1. The van der Waals surface area contributed by atoms with Gasteiger partial charge in [-0.25, -0.2) is 9.78 Å². The average molecular weight is 530 g/mol. The van der Waals surface area contributed by atoms with Crippen molar-refractivity contribution in [3.8, 4) is 22.3 Å². The van der Waals surface area contributed by atoms with E-state index in [1.165, 1.54) is 33.6 Å². The smallest absolute Gasteiger partial charge is 0.341 e. The molecule has 0 aliphatic rings. The van der Waals surface area contributed by atoms with E-state index in [4.69, 9.17) is 4.74 Å². The lowest BCUT2D eigenvalue weighted by molar-refractivity contribution is -0.116. The normalized spacial score (nSPS) is 11.0. The summed E-state index contributed by atoms with van der Waals surface area (Å²) in [6, 6.07) is 17.4. The Morgan fingerprint density at radius 2 is 1.68 bits per heavy atom. The van der Waals surface area contributed by atoms with E-state index in [1.807, 2.05) is 72.3 Å². The Balaban J connectivity index is 1.45. The molecule has 5 aromatic rings. The van der Waals surface area contributed by atoms with Gasteiger partial charge in [-0.15, -0.1) is 22.7 Å². The summed E-state index contributed by atoms with van der Waals surface area (Å²) in [7, 11) is 0. The summed E-state index contributed by atoms with van der Waals surface area (Å²) in [4.78, 5) is 44.2. The first-order valence-electron chi connectivity index (χ1n) is 11.6. The van der Waals surface area contributed by atoms with Crippen molar-refractivity contribution in [1.82, 2.24) is 9.55 Å². The molecule has 186 valence electrons. The third-order valence-electron chi connectivity index (χ3n) is 5.85. The van der Waals surface area contributed by atoms with Gasteiger partial charge in [0.15, 0.2) is 0 Å². The molecular formula is C28H23N3O4S2. The van der Waals surface area contributed by atoms with Gasteiger partial charge in [-0.05, 0) is 25.0 Å². The minimum Gasteiger partial charge on any atom is -0.462 e. The Kier molecular flexibility index (Phi) is 6.98. The number of aryl methyl sites for hydroxylation is 1. The monoisotopic (exact) mass is 529 g/mol. The Morgan fingerprint density at radius 3 is 2.41 bits per heavy atom. The number of ether oxygens (including phenoxy) is 1. The minimum absolute atomic E-state index is 0.209. The van der Waals surface area contributed by atoms with Crippen LogP contribution in [-0.2, 0) is 16.1 Å². The molecule has 2 aromatic carbocycles. The maximum atomic E-state index is 13.3. The first kappa shape index (κ1) is 24.6. The fourth-order valence-electron chi connectivity index (χ4n) is 4.03. The molecule has 0 spiro atoms. The van der Waals surface area contributed by atoms with Crippen LogP contribution in [0.15, 0.2) is 76.5 Å². The topological polar surface area (TPSA) is 90.3 Å². The molecule has 0 aliphatic carbocycles. The van der Waals surface area contributed by atoms with Crippen molar-refractivity contribution in [2.24, 2.45) is 0 Å². The third-order valence-corrected chi connectivity index (χ3v) is 7.63. The lowest BCUT2D eigenvalue weighted by atomic mass is 10.0. The Bertz CT molecular complexity index is 1650. The highest BCUT2D eigenvalue weighted by molar-refractivity contribution is 7.17. The number of hydrogen-bond donors (Lipinski definition) is 1. The lowest BCUT2D eigenvalue weighted by Crippen LogP contribution is -2.28. The molecule has 0 saturated heterocycles. The van der Waals surface area contributed by atoms with Gasteiger partial charge in [0.25, 0.3) is 5.56 Å². The summed E-state index contributed by atoms with van der Waals surface area (Å²) in [5.74, 6) is -0.955. The number of carbonyl (C=O) groups is 2. The molecule has 0 unspecified atom stereocenters. The molecule has 0 aliphatic heterocycles. The quantitative estimate of drug-likeness (QED) is 0.262. The van der Waals surface area contributed by atoms with E-state index in [0.717, 1.165) is 22.3 Å². The molecule has 1 N–H and O–H groups in total. The van der Waals surface area contributed by atoms with Gasteiger partial charge in [0.1, 0.15) is 21.9 Å². The molecule has 0 saturated carbocycles. The van der Waals surface area contributed by atoms with E-state index in [0.29, 0.717) is 26.3 Å². The van der Waals surface area contributed by atoms with Gasteiger partial charge in [-0.3, -0.25) is 14.2 Å². The number of rotatable bonds is 7. The SMILES string of the molecule is CCOC(=O)c1c(-c2ccc(C)cc2)csc1NC(=O)Cn1cnc2scc(-c3ccccc3)c2c1=O. The van der Waals surface area contributed by atoms with Crippen molar-refractivity contribution in [1.29, 1.82) is 0 Å². The van der Waals surface area contributed by atoms with Crippen LogP contribution in [0, 0.1) is 6.92 Å². The molecule has 0 atom stereocenters. The van der Waals surface area contributed by atoms with Crippen LogP contribution in [0.4, 0.5) is 5.00 Å². The highest BCUT2D eigenvalue weighted by Crippen LogP contribution is 2.36. The van der Waals surface area contributed by atoms with Crippen LogP contribution in [0.2, 0.25) is 0 Å². The number of thiophene rings is 2. The summed E-state index contributed by atoms with van der Waals surface area (Å²) in [6.07, 6.45) is 1.38. The summed E-state index contributed by atoms with van der Waals surface area (Å²) < 4.78 is 6.57. The standard InChI is InChI=1S/C28H23N3O4S2/c1-3-35-28(34)24-21(19-11-9-17(2)10-12-19)15-37-26(24)30-22(32)13-31-16-29-25-23(27(31)33)20(14-36-25)18-7-5-4-6-8-18/h4-12,14-16H,3,13H2,1-2H3,(H,30,32). The number of amides is 1. The number of fused-ring (bicyclic) bond motifs is 1. The molecule has 0 fully saturated rings. The van der Waals surface area contributed by atoms with Gasteiger partial charge < -0.3 is 10.1 Å². The van der Waals surface area contributed by atoms with Crippen molar-refractivity contribution in [2.45, 2.75) is 20.4 Å². The summed E-state index contributed by atoms with van der Waals surface area (Å²) >= 11 is 2.63. The number of benzene rings is 2. The van der Waals surface area contributed by atoms with Crippen molar-refractivity contribution in [2.75, 3.05) is 11.9 Å². The van der Waals surface area contributed by atoms with E-state index in [9.17, 15) is 14.4 Å². The molecule has 9 heteroatoms. The molecule has 7 nitrogen and oxygen atoms in total. The van der Waals surface area contributed by atoms with Crippen molar-refractivity contribution in [3.05, 3.63) is 93.2 Å². The fraction of sp³-hybridized carbons (Fsp3) is 0.143. The first-order valence-corrected chi connectivity index (χ1v) is 13.4. The second kappa shape index (κ2) is 10.5. The van der Waals surface area contributed by atoms with E-state index in [2.05, 4.69) is 10.3 Å². The maximum absolute atomic E-state index is 13.3. The molecule has 5 rings (SSSR count). The van der Waals surface area contributed by atoms with Crippen LogP contribution < -0.4 is 10.9 Å². The van der Waals surface area contributed by atoms with E-state index in [-0.39, 0.29) is 18.7 Å². The Hall–Kier alpha value is -4.08. The third kappa shape index (κ3) is 4.96. The van der Waals surface area contributed by atoms with Crippen molar-refractivity contribution in [3.63, 3.8) is 0 Å². The van der Waals surface area contributed by atoms with Gasteiger partial charge in [0.2, 0.25) is 5.91 Å². The predicted molar refractivity (Wildman–Crippen MR) is 148 cm³/mol. The zero-order valence-corrected chi connectivity index (χ0v) is 21.8. The van der Waals surface area contributed by atoms with Crippen LogP contribution in [0.3, 0.4) is 0 Å². The highest BCUT2D eigenvalue weighted by Gasteiger charge is 2.23. The van der Waals surface area contributed by atoms with Crippen LogP contribution in [0.5, 0.6) is 0 Å². The molecular weight excluding hydrogens is 506 g/mol. The lowest BCUT2D eigenvalue weighted by Gasteiger charge is -2.10. The zero-order valence-electron chi connectivity index (χ0n) is 20.2. The van der Waals surface area contributed by atoms with Crippen LogP contribution >= 0.6 is 22.7 Å². The summed E-state index contributed by atoms with van der Waals surface area (Å²) in [6.45, 7) is 3.69. The molecule has 3 aromatic heterocycles. The highest BCUT2D eigenvalue weighted by atomic mass is 32.1. The number of esters is 1. The second-order valence-electron chi connectivity index (χ2n) is 8.36. The van der Waals surface area contributed by atoms with Crippen molar-refractivity contribution >= 4 is 49.8 Å². The number of aromatic nitrogens is 2. The molecule has 0 radical (unpaired) electrons. The first-order chi connectivity index (χ1) is 18.0. The number of hydrogen-bond acceptors (Lipinski definition) is 7. The van der Waals surface area contributed by atoms with Gasteiger partial charge in [-0.1, -0.05) is 60.2 Å². The second-order valence-corrected chi connectivity index (χ2v) is 10.1. The average Bonchev–Trinajstić information content (AvgIpc) is 3.52. The Morgan fingerprint density at radius 1 is 0.973 bits per heavy atom. The van der Waals surface area contributed by atoms with Crippen LogP contribution in [0.1, 0.15) is 22.8 Å². The van der Waals surface area contributed by atoms with Gasteiger partial charge >= 0.3 is 5.97 Å².